The number of hydrogen-bond acceptors (Lipinski definition) is 6. The van der Waals surface area contributed by atoms with E-state index in [0.717, 1.165) is 69.0 Å². The molecular formula is C32H35N7O2S. The van der Waals surface area contributed by atoms with E-state index in [4.69, 9.17) is 0 Å². The molecule has 2 amide bonds. The van der Waals surface area contributed by atoms with E-state index < -0.39 is 0 Å². The Balaban J connectivity index is 1.27. The lowest BCUT2D eigenvalue weighted by atomic mass is 9.98. The number of amides is 2. The first-order valence-electron chi connectivity index (χ1n) is 14.1. The average Bonchev–Trinajstić information content (AvgIpc) is 3.69. The summed E-state index contributed by atoms with van der Waals surface area (Å²) in [5.41, 5.74) is 6.30. The van der Waals surface area contributed by atoms with Gasteiger partial charge >= 0.3 is 0 Å². The average molecular weight is 582 g/mol. The van der Waals surface area contributed by atoms with Gasteiger partial charge in [-0.05, 0) is 46.0 Å². The van der Waals surface area contributed by atoms with Gasteiger partial charge in [0.2, 0.25) is 12.3 Å². The molecule has 2 heterocycles. The molecule has 0 aliphatic heterocycles. The molecule has 10 heteroatoms. The number of aromatic nitrogens is 4. The first-order chi connectivity index (χ1) is 20.6. The van der Waals surface area contributed by atoms with Gasteiger partial charge in [-0.3, -0.25) is 9.59 Å². The van der Waals surface area contributed by atoms with E-state index in [1.165, 1.54) is 0 Å². The van der Waals surface area contributed by atoms with E-state index in [1.807, 2.05) is 13.1 Å². The Labute approximate surface area is 250 Å². The molecule has 3 aromatic carbocycles. The van der Waals surface area contributed by atoms with Crippen LogP contribution in [0.15, 0.2) is 73.1 Å². The maximum atomic E-state index is 12.4. The first-order valence-corrected chi connectivity index (χ1v) is 14.7. The number of H-pyrrole nitrogens is 2. The third kappa shape index (κ3) is 7.07. The van der Waals surface area contributed by atoms with E-state index in [1.54, 1.807) is 11.1 Å². The minimum absolute atomic E-state index is 0.0197. The number of hydrogen-bond donors (Lipinski definition) is 5. The van der Waals surface area contributed by atoms with E-state index in [9.17, 15) is 9.59 Å². The van der Waals surface area contributed by atoms with Crippen LogP contribution in [-0.4, -0.2) is 62.5 Å². The van der Waals surface area contributed by atoms with E-state index in [2.05, 4.69) is 104 Å². The van der Waals surface area contributed by atoms with Crippen LogP contribution in [-0.2, 0) is 22.7 Å². The summed E-state index contributed by atoms with van der Waals surface area (Å²) in [6.07, 6.45) is 5.02. The molecule has 0 aliphatic rings. The molecule has 0 bridgehead atoms. The highest BCUT2D eigenvalue weighted by atomic mass is 32.1. The second kappa shape index (κ2) is 14.0. The molecule has 9 nitrogen and oxygen atoms in total. The fourth-order valence-corrected chi connectivity index (χ4v) is 5.05. The van der Waals surface area contributed by atoms with Crippen molar-refractivity contribution >= 4 is 35.7 Å². The lowest BCUT2D eigenvalue weighted by Crippen LogP contribution is -2.38. The van der Waals surface area contributed by atoms with Gasteiger partial charge in [0, 0.05) is 24.4 Å². The van der Waals surface area contributed by atoms with Crippen LogP contribution in [0.1, 0.15) is 25.0 Å². The van der Waals surface area contributed by atoms with Crippen molar-refractivity contribution in [3.05, 3.63) is 84.7 Å². The molecule has 216 valence electrons. The van der Waals surface area contributed by atoms with Crippen molar-refractivity contribution in [2.24, 2.45) is 0 Å². The number of rotatable bonds is 14. The normalized spacial score (nSPS) is 11.1. The number of fused-ring (bicyclic) bond motifs is 1. The Morgan fingerprint density at radius 2 is 1.50 bits per heavy atom. The monoisotopic (exact) mass is 581 g/mol. The van der Waals surface area contributed by atoms with Gasteiger partial charge in [0.05, 0.1) is 43.4 Å². The quantitative estimate of drug-likeness (QED) is 0.0734. The summed E-state index contributed by atoms with van der Waals surface area (Å²) < 4.78 is 0. The van der Waals surface area contributed by atoms with Crippen molar-refractivity contribution in [2.75, 3.05) is 25.4 Å². The Morgan fingerprint density at radius 1 is 0.881 bits per heavy atom. The topological polar surface area (TPSA) is 119 Å². The molecule has 0 radical (unpaired) electrons. The lowest BCUT2D eigenvalue weighted by molar-refractivity contribution is -0.132. The van der Waals surface area contributed by atoms with Crippen LogP contribution in [0.4, 0.5) is 0 Å². The third-order valence-corrected chi connectivity index (χ3v) is 7.27. The predicted molar refractivity (Wildman–Crippen MR) is 170 cm³/mol. The second-order valence-corrected chi connectivity index (χ2v) is 10.5. The lowest BCUT2D eigenvalue weighted by Gasteiger charge is -2.20. The largest absolute Gasteiger partial charge is 0.350 e. The molecular weight excluding hydrogens is 546 g/mol. The summed E-state index contributed by atoms with van der Waals surface area (Å²) in [4.78, 5) is 40.4. The first kappa shape index (κ1) is 29.1. The van der Waals surface area contributed by atoms with Crippen LogP contribution >= 0.6 is 12.6 Å². The molecule has 5 rings (SSSR count). The molecule has 0 unspecified atom stereocenters. The van der Waals surface area contributed by atoms with Gasteiger partial charge in [-0.2, -0.15) is 12.6 Å². The van der Waals surface area contributed by atoms with Crippen LogP contribution in [0.25, 0.3) is 44.4 Å². The van der Waals surface area contributed by atoms with Gasteiger partial charge in [0.15, 0.2) is 0 Å². The van der Waals surface area contributed by atoms with Crippen LogP contribution in [0.5, 0.6) is 0 Å². The van der Waals surface area contributed by atoms with E-state index in [-0.39, 0.29) is 12.5 Å². The molecule has 5 aromatic rings. The SMILES string of the molecule is CCCN(Cc1ncc(-c2ccc3cc(-c4ccc(-c5cnc(CNCCS)[nH]5)cc4)ccc3c2)[nH]1)C(=O)CNC=O. The van der Waals surface area contributed by atoms with Gasteiger partial charge in [0.1, 0.15) is 11.6 Å². The summed E-state index contributed by atoms with van der Waals surface area (Å²) in [5.74, 6) is 2.27. The zero-order valence-corrected chi connectivity index (χ0v) is 24.5. The highest BCUT2D eigenvalue weighted by Gasteiger charge is 2.15. The minimum atomic E-state index is -0.137. The third-order valence-electron chi connectivity index (χ3n) is 7.04. The van der Waals surface area contributed by atoms with Crippen molar-refractivity contribution in [1.29, 1.82) is 0 Å². The predicted octanol–water partition coefficient (Wildman–Crippen LogP) is 4.79. The maximum Gasteiger partial charge on any atom is 0.242 e. The highest BCUT2D eigenvalue weighted by molar-refractivity contribution is 7.80. The minimum Gasteiger partial charge on any atom is -0.350 e. The van der Waals surface area contributed by atoms with Crippen molar-refractivity contribution in [2.45, 2.75) is 26.4 Å². The zero-order chi connectivity index (χ0) is 29.3. The highest BCUT2D eigenvalue weighted by Crippen LogP contribution is 2.29. The van der Waals surface area contributed by atoms with Crippen molar-refractivity contribution < 1.29 is 9.59 Å². The molecule has 0 atom stereocenters. The van der Waals surface area contributed by atoms with Crippen LogP contribution < -0.4 is 10.6 Å². The molecule has 0 aliphatic carbocycles. The summed E-state index contributed by atoms with van der Waals surface area (Å²) >= 11 is 4.22. The molecule has 0 saturated heterocycles. The molecule has 0 saturated carbocycles. The molecule has 4 N–H and O–H groups in total. The molecule has 42 heavy (non-hydrogen) atoms. The van der Waals surface area contributed by atoms with Crippen LogP contribution in [0.3, 0.4) is 0 Å². The van der Waals surface area contributed by atoms with Gasteiger partial charge in [0.25, 0.3) is 0 Å². The van der Waals surface area contributed by atoms with Crippen molar-refractivity contribution in [1.82, 2.24) is 35.5 Å². The fourth-order valence-electron chi connectivity index (χ4n) is 4.89. The number of nitrogens with zero attached hydrogens (tertiary/aromatic N) is 3. The second-order valence-electron chi connectivity index (χ2n) is 10.1. The number of carbonyl (C=O) groups is 2. The Bertz CT molecular complexity index is 1640. The van der Waals surface area contributed by atoms with Crippen LogP contribution in [0, 0.1) is 0 Å². The van der Waals surface area contributed by atoms with Crippen molar-refractivity contribution in [3.63, 3.8) is 0 Å². The number of nitrogens with one attached hydrogen (secondary N) is 4. The number of carbonyl (C=O) groups excluding carboxylic acids is 2. The Kier molecular flexibility index (Phi) is 9.68. The van der Waals surface area contributed by atoms with Gasteiger partial charge in [-0.15, -0.1) is 0 Å². The molecule has 0 spiro atoms. The van der Waals surface area contributed by atoms with Gasteiger partial charge in [-0.25, -0.2) is 9.97 Å². The number of thiol groups is 1. The van der Waals surface area contributed by atoms with Gasteiger partial charge in [-0.1, -0.05) is 55.5 Å². The van der Waals surface area contributed by atoms with Crippen LogP contribution in [0.2, 0.25) is 0 Å². The number of imidazole rings is 2. The zero-order valence-electron chi connectivity index (χ0n) is 23.6. The number of aromatic amines is 2. The van der Waals surface area contributed by atoms with Crippen molar-refractivity contribution in [3.8, 4) is 33.6 Å². The summed E-state index contributed by atoms with van der Waals surface area (Å²) in [6.45, 7) is 4.48. The summed E-state index contributed by atoms with van der Waals surface area (Å²) in [6, 6.07) is 21.3. The Hall–Kier alpha value is -4.41. The summed E-state index contributed by atoms with van der Waals surface area (Å²) in [5, 5.41) is 8.01. The molecule has 2 aromatic heterocycles. The fraction of sp³-hybridized carbons (Fsp3) is 0.250. The smallest absolute Gasteiger partial charge is 0.242 e. The maximum absolute atomic E-state index is 12.4. The van der Waals surface area contributed by atoms with E-state index >= 15 is 0 Å². The van der Waals surface area contributed by atoms with Gasteiger partial charge < -0.3 is 25.5 Å². The number of benzene rings is 3. The standard InChI is InChI=1S/C32H35N7O2S/c1-2-12-39(32(41)19-34-21-40)20-31-36-17-29(38-31)27-10-9-25-14-24(7-8-26(25)15-27)22-3-5-23(6-4-22)28-16-35-30(37-28)18-33-11-13-42/h3-10,14-17,21,33,42H,2,11-13,18-20H2,1H3,(H,34,40)(H,35,37)(H,36,38). The summed E-state index contributed by atoms with van der Waals surface area (Å²) in [7, 11) is 0. The Morgan fingerprint density at radius 3 is 2.21 bits per heavy atom. The van der Waals surface area contributed by atoms with E-state index in [0.29, 0.717) is 31.9 Å². The molecule has 0 fully saturated rings.